The van der Waals surface area contributed by atoms with Gasteiger partial charge in [0.05, 0.1) is 7.11 Å². The van der Waals surface area contributed by atoms with Crippen molar-refractivity contribution in [3.8, 4) is 5.75 Å². The number of thioether (sulfide) groups is 1. The summed E-state index contributed by atoms with van der Waals surface area (Å²) in [6, 6.07) is 2.94. The smallest absolute Gasteiger partial charge is 0.244 e. The SMILES string of the molecule is COc1cc(Br)c(N)cc1S(=O)(=O)NCCC(C)SC. The number of nitrogens with two attached hydrogens (primary N) is 1. The molecule has 0 radical (unpaired) electrons. The zero-order valence-electron chi connectivity index (χ0n) is 11.6. The molecule has 1 atom stereocenters. The number of hydrogen-bond acceptors (Lipinski definition) is 5. The Labute approximate surface area is 132 Å². The average molecular weight is 383 g/mol. The first-order valence-corrected chi connectivity index (χ1v) is 9.53. The predicted octanol–water partition coefficient (Wildman–Crippen LogP) is 2.46. The first-order valence-electron chi connectivity index (χ1n) is 5.97. The summed E-state index contributed by atoms with van der Waals surface area (Å²) in [7, 11) is -2.21. The van der Waals surface area contributed by atoms with Crippen LogP contribution in [0.2, 0.25) is 0 Å². The Kier molecular flexibility index (Phi) is 6.63. The monoisotopic (exact) mass is 382 g/mol. The number of methoxy groups -OCH3 is 1. The van der Waals surface area contributed by atoms with E-state index in [4.69, 9.17) is 10.5 Å². The summed E-state index contributed by atoms with van der Waals surface area (Å²) in [4.78, 5) is 0.0532. The van der Waals surface area contributed by atoms with Crippen LogP contribution in [0.4, 0.5) is 5.69 Å². The molecule has 0 spiro atoms. The first-order chi connectivity index (χ1) is 9.31. The fraction of sp³-hybridized carbons (Fsp3) is 0.500. The number of sulfonamides is 1. The van der Waals surface area contributed by atoms with E-state index in [-0.39, 0.29) is 10.6 Å². The van der Waals surface area contributed by atoms with Gasteiger partial charge in [-0.15, -0.1) is 0 Å². The quantitative estimate of drug-likeness (QED) is 0.707. The van der Waals surface area contributed by atoms with E-state index in [9.17, 15) is 8.42 Å². The molecule has 8 heteroatoms. The fourth-order valence-corrected chi connectivity index (χ4v) is 3.42. The van der Waals surface area contributed by atoms with Crippen LogP contribution >= 0.6 is 27.7 Å². The molecule has 1 aromatic rings. The summed E-state index contributed by atoms with van der Waals surface area (Å²) >= 11 is 4.94. The lowest BCUT2D eigenvalue weighted by Gasteiger charge is -2.13. The number of benzene rings is 1. The Morgan fingerprint density at radius 3 is 2.70 bits per heavy atom. The van der Waals surface area contributed by atoms with Gasteiger partial charge < -0.3 is 10.5 Å². The van der Waals surface area contributed by atoms with Crippen LogP contribution in [-0.2, 0) is 10.0 Å². The number of halogens is 1. The Bertz CT molecular complexity index is 564. The Morgan fingerprint density at radius 1 is 1.50 bits per heavy atom. The number of nitrogen functional groups attached to an aromatic ring is 1. The normalized spacial score (nSPS) is 13.2. The van der Waals surface area contributed by atoms with Crippen LogP contribution in [0, 0.1) is 0 Å². The highest BCUT2D eigenvalue weighted by atomic mass is 79.9. The van der Waals surface area contributed by atoms with Crippen molar-refractivity contribution in [2.45, 2.75) is 23.5 Å². The maximum atomic E-state index is 12.3. The van der Waals surface area contributed by atoms with E-state index in [1.165, 1.54) is 13.2 Å². The third kappa shape index (κ3) is 4.54. The van der Waals surface area contributed by atoms with E-state index >= 15 is 0 Å². The van der Waals surface area contributed by atoms with Crippen LogP contribution in [0.1, 0.15) is 13.3 Å². The molecule has 0 fully saturated rings. The van der Waals surface area contributed by atoms with Gasteiger partial charge in [0.25, 0.3) is 0 Å². The molecule has 1 unspecified atom stereocenters. The van der Waals surface area contributed by atoms with Gasteiger partial charge in [-0.2, -0.15) is 11.8 Å². The lowest BCUT2D eigenvalue weighted by molar-refractivity contribution is 0.402. The second kappa shape index (κ2) is 7.53. The van der Waals surface area contributed by atoms with Crippen molar-refractivity contribution in [3.63, 3.8) is 0 Å². The predicted molar refractivity (Wildman–Crippen MR) is 87.9 cm³/mol. The highest BCUT2D eigenvalue weighted by Gasteiger charge is 2.21. The van der Waals surface area contributed by atoms with Crippen LogP contribution in [0.25, 0.3) is 0 Å². The molecule has 0 aliphatic heterocycles. The van der Waals surface area contributed by atoms with Crippen LogP contribution in [0.5, 0.6) is 5.75 Å². The molecule has 0 amide bonds. The van der Waals surface area contributed by atoms with Crippen molar-refractivity contribution in [3.05, 3.63) is 16.6 Å². The summed E-state index contributed by atoms with van der Waals surface area (Å²) in [6.45, 7) is 2.43. The molecule has 0 bridgehead atoms. The van der Waals surface area contributed by atoms with E-state index in [2.05, 4.69) is 27.6 Å². The first kappa shape index (κ1) is 17.6. The number of hydrogen-bond donors (Lipinski definition) is 2. The Balaban J connectivity index is 2.95. The zero-order valence-corrected chi connectivity index (χ0v) is 14.9. The Hall–Kier alpha value is -0.440. The highest BCUT2D eigenvalue weighted by molar-refractivity contribution is 9.10. The van der Waals surface area contributed by atoms with Crippen LogP contribution in [0.15, 0.2) is 21.5 Å². The average Bonchev–Trinajstić information content (AvgIpc) is 2.40. The summed E-state index contributed by atoms with van der Waals surface area (Å²) in [5.41, 5.74) is 6.09. The molecular formula is C12H19BrN2O3S2. The fourth-order valence-electron chi connectivity index (χ4n) is 1.51. The van der Waals surface area contributed by atoms with E-state index in [0.717, 1.165) is 6.42 Å². The minimum Gasteiger partial charge on any atom is -0.495 e. The molecule has 114 valence electrons. The summed E-state index contributed by atoms with van der Waals surface area (Å²) in [6.07, 6.45) is 2.76. The number of ether oxygens (including phenoxy) is 1. The largest absolute Gasteiger partial charge is 0.495 e. The molecule has 1 aromatic carbocycles. The van der Waals surface area contributed by atoms with Gasteiger partial charge in [-0.05, 0) is 40.7 Å². The van der Waals surface area contributed by atoms with Gasteiger partial charge in [-0.25, -0.2) is 13.1 Å². The van der Waals surface area contributed by atoms with Crippen LogP contribution in [0.3, 0.4) is 0 Å². The van der Waals surface area contributed by atoms with Crippen molar-refractivity contribution in [2.24, 2.45) is 0 Å². The van der Waals surface area contributed by atoms with Crippen molar-refractivity contribution >= 4 is 43.4 Å². The molecule has 0 aliphatic carbocycles. The molecule has 20 heavy (non-hydrogen) atoms. The maximum Gasteiger partial charge on any atom is 0.244 e. The van der Waals surface area contributed by atoms with Crippen molar-refractivity contribution in [2.75, 3.05) is 25.6 Å². The third-order valence-corrected chi connectivity index (χ3v) is 6.03. The molecule has 0 aliphatic rings. The van der Waals surface area contributed by atoms with E-state index < -0.39 is 10.0 Å². The van der Waals surface area contributed by atoms with Gasteiger partial charge in [0.2, 0.25) is 10.0 Å². The molecule has 0 aromatic heterocycles. The minimum atomic E-state index is -3.63. The summed E-state index contributed by atoms with van der Waals surface area (Å²) < 4.78 is 32.8. The second-order valence-corrected chi connectivity index (χ2v) is 8.12. The molecule has 3 N–H and O–H groups in total. The Morgan fingerprint density at radius 2 is 2.15 bits per heavy atom. The second-order valence-electron chi connectivity index (χ2n) is 4.26. The van der Waals surface area contributed by atoms with Gasteiger partial charge in [0.15, 0.2) is 0 Å². The van der Waals surface area contributed by atoms with Gasteiger partial charge in [-0.3, -0.25) is 0 Å². The highest BCUT2D eigenvalue weighted by Crippen LogP contribution is 2.32. The standard InChI is InChI=1S/C12H19BrN2O3S2/c1-8(19-3)4-5-15-20(16,17)12-7-10(14)9(13)6-11(12)18-2/h6-8,15H,4-5,14H2,1-3H3. The summed E-state index contributed by atoms with van der Waals surface area (Å²) in [5.74, 6) is 0.261. The van der Waals surface area contributed by atoms with E-state index in [0.29, 0.717) is 22.0 Å². The molecule has 1 rings (SSSR count). The topological polar surface area (TPSA) is 81.4 Å². The molecule has 0 heterocycles. The van der Waals surface area contributed by atoms with Crippen molar-refractivity contribution in [1.82, 2.24) is 4.72 Å². The van der Waals surface area contributed by atoms with Crippen molar-refractivity contribution < 1.29 is 13.2 Å². The molecule has 0 saturated carbocycles. The zero-order chi connectivity index (χ0) is 15.3. The van der Waals surface area contributed by atoms with Gasteiger partial charge in [0, 0.05) is 22.0 Å². The molecular weight excluding hydrogens is 364 g/mol. The lowest BCUT2D eigenvalue weighted by Crippen LogP contribution is -2.26. The number of anilines is 1. The van der Waals surface area contributed by atoms with Gasteiger partial charge in [0.1, 0.15) is 10.6 Å². The van der Waals surface area contributed by atoms with E-state index in [1.54, 1.807) is 17.8 Å². The van der Waals surface area contributed by atoms with Gasteiger partial charge in [-0.1, -0.05) is 6.92 Å². The van der Waals surface area contributed by atoms with Crippen LogP contribution < -0.4 is 15.2 Å². The maximum absolute atomic E-state index is 12.3. The lowest BCUT2D eigenvalue weighted by atomic mass is 10.3. The van der Waals surface area contributed by atoms with E-state index in [1.807, 2.05) is 6.26 Å². The molecule has 5 nitrogen and oxygen atoms in total. The summed E-state index contributed by atoms with van der Waals surface area (Å²) in [5, 5.41) is 0.398. The number of nitrogens with one attached hydrogen (secondary N) is 1. The van der Waals surface area contributed by atoms with Crippen molar-refractivity contribution in [1.29, 1.82) is 0 Å². The number of rotatable bonds is 7. The van der Waals surface area contributed by atoms with Gasteiger partial charge >= 0.3 is 0 Å². The minimum absolute atomic E-state index is 0.0532. The third-order valence-electron chi connectivity index (χ3n) is 2.82. The van der Waals surface area contributed by atoms with Crippen LogP contribution in [-0.4, -0.2) is 33.6 Å². The molecule has 0 saturated heterocycles.